The van der Waals surface area contributed by atoms with Crippen molar-refractivity contribution < 1.29 is 22.7 Å². The van der Waals surface area contributed by atoms with Crippen LogP contribution >= 0.6 is 0 Å². The number of carbonyl (C=O) groups excluding carboxylic acids is 2. The van der Waals surface area contributed by atoms with E-state index in [-0.39, 0.29) is 11.4 Å². The number of anilines is 1. The number of nitrogens with zero attached hydrogens (tertiary/aromatic N) is 1. The lowest BCUT2D eigenvalue weighted by Gasteiger charge is -2.46. The van der Waals surface area contributed by atoms with E-state index in [0.29, 0.717) is 23.2 Å². The van der Waals surface area contributed by atoms with Crippen LogP contribution in [0, 0.1) is 12.8 Å². The molecule has 1 aliphatic rings. The average molecular weight is 459 g/mol. The van der Waals surface area contributed by atoms with E-state index in [9.17, 15) is 18.0 Å². The maximum Gasteiger partial charge on any atom is 0.340 e. The number of hydrogen-bond acceptors (Lipinski definition) is 6. The molecule has 1 heterocycles. The first-order valence-electron chi connectivity index (χ1n) is 10.7. The van der Waals surface area contributed by atoms with E-state index >= 15 is 0 Å². The number of hydrogen-bond donors (Lipinski definition) is 1. The lowest BCUT2D eigenvalue weighted by molar-refractivity contribution is -0.145. The van der Waals surface area contributed by atoms with Gasteiger partial charge in [-0.1, -0.05) is 37.3 Å². The van der Waals surface area contributed by atoms with Crippen LogP contribution in [0.25, 0.3) is 0 Å². The number of nitrogens with one attached hydrogen (secondary N) is 1. The number of amides is 1. The van der Waals surface area contributed by atoms with Crippen LogP contribution in [0.4, 0.5) is 5.69 Å². The number of sulfonamides is 1. The van der Waals surface area contributed by atoms with Crippen molar-refractivity contribution in [3.63, 3.8) is 0 Å². The number of aryl methyl sites for hydroxylation is 1. The first kappa shape index (κ1) is 23.8. The molecule has 0 aliphatic carbocycles. The predicted molar refractivity (Wildman–Crippen MR) is 123 cm³/mol. The van der Waals surface area contributed by atoms with Crippen LogP contribution in [-0.4, -0.2) is 42.8 Å². The molecule has 8 heteroatoms. The molecule has 1 N–H and O–H groups in total. The second-order valence-electron chi connectivity index (χ2n) is 8.92. The van der Waals surface area contributed by atoms with E-state index in [1.54, 1.807) is 70.2 Å². The zero-order valence-electron chi connectivity index (χ0n) is 19.1. The molecule has 0 saturated carbocycles. The summed E-state index contributed by atoms with van der Waals surface area (Å²) in [5, 5.41) is 3.18. The van der Waals surface area contributed by atoms with Gasteiger partial charge in [0.2, 0.25) is 5.91 Å². The Hall–Kier alpha value is -2.87. The first-order chi connectivity index (χ1) is 15.0. The molecule has 0 radical (unpaired) electrons. The summed E-state index contributed by atoms with van der Waals surface area (Å²) in [6.07, 6.45) is 0.526. The molecular weight excluding hydrogens is 428 g/mol. The predicted octanol–water partition coefficient (Wildman–Crippen LogP) is 3.99. The normalized spacial score (nSPS) is 18.8. The molecule has 1 amide bonds. The van der Waals surface area contributed by atoms with Crippen LogP contribution in [0.2, 0.25) is 0 Å². The highest BCUT2D eigenvalue weighted by molar-refractivity contribution is 7.89. The third-order valence-electron chi connectivity index (χ3n) is 5.42. The maximum atomic E-state index is 13.3. The zero-order valence-corrected chi connectivity index (χ0v) is 19.9. The lowest BCUT2D eigenvalue weighted by Crippen LogP contribution is -2.65. The molecule has 0 aromatic heterocycles. The summed E-state index contributed by atoms with van der Waals surface area (Å²) >= 11 is 0. The summed E-state index contributed by atoms with van der Waals surface area (Å²) in [7, 11) is -3.98. The summed E-state index contributed by atoms with van der Waals surface area (Å²) < 4.78 is 33.0. The van der Waals surface area contributed by atoms with Gasteiger partial charge < -0.3 is 10.1 Å². The number of rotatable bonds is 7. The number of esters is 1. The second-order valence-corrected chi connectivity index (χ2v) is 10.7. The molecule has 3 rings (SSSR count). The van der Waals surface area contributed by atoms with Crippen molar-refractivity contribution in [2.24, 2.45) is 5.92 Å². The molecule has 2 aromatic carbocycles. The molecule has 2 aromatic rings. The van der Waals surface area contributed by atoms with Crippen LogP contribution in [0.3, 0.4) is 0 Å². The monoisotopic (exact) mass is 458 g/mol. The Balaban J connectivity index is 1.85. The van der Waals surface area contributed by atoms with Gasteiger partial charge in [0.25, 0.3) is 10.0 Å². The van der Waals surface area contributed by atoms with Crippen LogP contribution < -0.4 is 5.32 Å². The van der Waals surface area contributed by atoms with Crippen LogP contribution in [0.15, 0.2) is 53.4 Å². The van der Waals surface area contributed by atoms with Gasteiger partial charge in [0, 0.05) is 12.2 Å². The Labute approximate surface area is 189 Å². The minimum atomic E-state index is -3.98. The number of ether oxygens (including phenoxy) is 1. The Bertz CT molecular complexity index is 1120. The molecule has 2 atom stereocenters. The summed E-state index contributed by atoms with van der Waals surface area (Å²) in [5.41, 5.74) is 0.830. The van der Waals surface area contributed by atoms with Crippen LogP contribution in [-0.2, 0) is 19.6 Å². The van der Waals surface area contributed by atoms with Crippen molar-refractivity contribution in [3.05, 3.63) is 59.7 Å². The Morgan fingerprint density at radius 2 is 1.72 bits per heavy atom. The minimum Gasteiger partial charge on any atom is -0.456 e. The topological polar surface area (TPSA) is 92.8 Å². The average Bonchev–Trinajstić information content (AvgIpc) is 2.70. The number of β-lactam (4-membered cyclic amide) rings is 1. The summed E-state index contributed by atoms with van der Waals surface area (Å²) in [5.74, 6) is -1.28. The van der Waals surface area contributed by atoms with Gasteiger partial charge in [-0.2, -0.15) is 0 Å². The van der Waals surface area contributed by atoms with E-state index in [0.717, 1.165) is 4.31 Å². The summed E-state index contributed by atoms with van der Waals surface area (Å²) in [4.78, 5) is 25.5. The van der Waals surface area contributed by atoms with E-state index in [1.807, 2.05) is 6.92 Å². The van der Waals surface area contributed by atoms with E-state index < -0.39 is 39.5 Å². The third-order valence-corrected chi connectivity index (χ3v) is 7.40. The molecule has 0 unspecified atom stereocenters. The maximum absolute atomic E-state index is 13.3. The van der Waals surface area contributed by atoms with Crippen molar-refractivity contribution in [1.29, 1.82) is 0 Å². The van der Waals surface area contributed by atoms with Gasteiger partial charge in [0.1, 0.15) is 5.60 Å². The molecule has 7 nitrogen and oxygen atoms in total. The van der Waals surface area contributed by atoms with Gasteiger partial charge in [-0.05, 0) is 57.9 Å². The number of para-hydroxylation sites is 1. The van der Waals surface area contributed by atoms with Crippen LogP contribution in [0.1, 0.15) is 50.0 Å². The van der Waals surface area contributed by atoms with Crippen molar-refractivity contribution in [3.8, 4) is 0 Å². The summed E-state index contributed by atoms with van der Waals surface area (Å²) in [6, 6.07) is 13.0. The van der Waals surface area contributed by atoms with Crippen molar-refractivity contribution >= 4 is 27.6 Å². The minimum absolute atomic E-state index is 0.127. The fourth-order valence-electron chi connectivity index (χ4n) is 3.86. The van der Waals surface area contributed by atoms with E-state index in [2.05, 4.69) is 5.32 Å². The fraction of sp³-hybridized carbons (Fsp3) is 0.417. The van der Waals surface area contributed by atoms with Crippen molar-refractivity contribution in [2.45, 2.75) is 57.6 Å². The Morgan fingerprint density at radius 3 is 2.34 bits per heavy atom. The van der Waals surface area contributed by atoms with Crippen molar-refractivity contribution in [1.82, 2.24) is 4.31 Å². The standard InChI is InChI=1S/C24H30N2O5S/c1-6-17-20(26(22(17)27)32(29,30)21-14-10-7-11-16(21)2)15-25-19-13-9-8-12-18(19)23(28)31-24(3,4)5/h7-14,17,20,25H,6,15H2,1-5H3/t17-,20+/m1/s1. The number of benzene rings is 2. The molecular formula is C24H30N2O5S. The lowest BCUT2D eigenvalue weighted by atomic mass is 9.88. The second kappa shape index (κ2) is 8.94. The smallest absolute Gasteiger partial charge is 0.340 e. The van der Waals surface area contributed by atoms with Crippen molar-refractivity contribution in [2.75, 3.05) is 11.9 Å². The molecule has 1 fully saturated rings. The van der Waals surface area contributed by atoms with Gasteiger partial charge >= 0.3 is 5.97 Å². The van der Waals surface area contributed by atoms with E-state index in [1.165, 1.54) is 6.07 Å². The van der Waals surface area contributed by atoms with Gasteiger partial charge in [-0.15, -0.1) is 0 Å². The first-order valence-corrected chi connectivity index (χ1v) is 12.1. The quantitative estimate of drug-likeness (QED) is 0.498. The van der Waals surface area contributed by atoms with Gasteiger partial charge in [0.15, 0.2) is 0 Å². The molecule has 0 spiro atoms. The SMILES string of the molecule is CC[C@H]1C(=O)N(S(=O)(=O)c2ccccc2C)[C@H]1CNc1ccccc1C(=O)OC(C)(C)C. The molecule has 0 bridgehead atoms. The highest BCUT2D eigenvalue weighted by Crippen LogP contribution is 2.36. The Kier molecular flexibility index (Phi) is 6.64. The molecule has 32 heavy (non-hydrogen) atoms. The number of carbonyl (C=O) groups is 2. The fourth-order valence-corrected chi connectivity index (χ4v) is 5.74. The highest BCUT2D eigenvalue weighted by atomic mass is 32.2. The third kappa shape index (κ3) is 4.65. The van der Waals surface area contributed by atoms with Crippen LogP contribution in [0.5, 0.6) is 0 Å². The molecule has 172 valence electrons. The van der Waals surface area contributed by atoms with Gasteiger partial charge in [-0.3, -0.25) is 4.79 Å². The molecule has 1 aliphatic heterocycles. The Morgan fingerprint density at radius 1 is 1.09 bits per heavy atom. The van der Waals surface area contributed by atoms with Gasteiger partial charge in [0.05, 0.1) is 22.4 Å². The highest BCUT2D eigenvalue weighted by Gasteiger charge is 2.52. The zero-order chi connectivity index (χ0) is 23.7. The summed E-state index contributed by atoms with van der Waals surface area (Å²) in [6.45, 7) is 9.14. The molecule has 1 saturated heterocycles. The van der Waals surface area contributed by atoms with Gasteiger partial charge in [-0.25, -0.2) is 17.5 Å². The van der Waals surface area contributed by atoms with E-state index in [4.69, 9.17) is 4.74 Å². The largest absolute Gasteiger partial charge is 0.456 e.